The van der Waals surface area contributed by atoms with Gasteiger partial charge in [0.05, 0.1) is 0 Å². The first-order valence-electron chi connectivity index (χ1n) is 12.5. The zero-order valence-electron chi connectivity index (χ0n) is 20.4. The summed E-state index contributed by atoms with van der Waals surface area (Å²) in [7, 11) is -4.67. The van der Waals surface area contributed by atoms with Gasteiger partial charge < -0.3 is 9.66 Å². The largest absolute Gasteiger partial charge is 1.00 e. The minimum Gasteiger partial charge on any atom is -0.746 e. The van der Waals surface area contributed by atoms with E-state index in [0.29, 0.717) is 12.8 Å². The van der Waals surface area contributed by atoms with E-state index in [9.17, 15) is 18.1 Å². The van der Waals surface area contributed by atoms with Crippen LogP contribution in [0.1, 0.15) is 149 Å². The smallest absolute Gasteiger partial charge is 0.746 e. The van der Waals surface area contributed by atoms with Crippen LogP contribution >= 0.6 is 0 Å². The Labute approximate surface area is 230 Å². The molecule has 0 fully saturated rings. The Bertz CT molecular complexity index is 456. The summed E-state index contributed by atoms with van der Waals surface area (Å²) in [6.07, 6.45) is 21.8. The Balaban J connectivity index is 0. The average Bonchev–Trinajstić information content (AvgIpc) is 2.67. The Kier molecular flexibility index (Phi) is 25.0. The zero-order valence-corrected chi connectivity index (χ0v) is 24.4. The van der Waals surface area contributed by atoms with Gasteiger partial charge in [-0.15, -0.1) is 0 Å². The SMILES string of the molecule is CCCCCCCCCCCCCCC(O)(CCCCCCCCC)S(=O)(=O)[O-].[K+]. The summed E-state index contributed by atoms with van der Waals surface area (Å²) in [4.78, 5) is -2.06. The normalized spacial score (nSPS) is 13.7. The number of unbranched alkanes of at least 4 members (excludes halogenated alkanes) is 17. The van der Waals surface area contributed by atoms with E-state index in [1.54, 1.807) is 0 Å². The van der Waals surface area contributed by atoms with Gasteiger partial charge in [0.15, 0.2) is 4.93 Å². The first-order chi connectivity index (χ1) is 13.9. The van der Waals surface area contributed by atoms with Gasteiger partial charge in [-0.1, -0.05) is 123 Å². The Hall–Kier alpha value is 1.51. The maximum atomic E-state index is 11.6. The summed E-state index contributed by atoms with van der Waals surface area (Å²) in [5.41, 5.74) is 0. The van der Waals surface area contributed by atoms with E-state index in [4.69, 9.17) is 0 Å². The third-order valence-corrected chi connectivity index (χ3v) is 7.40. The molecule has 0 aromatic heterocycles. The third-order valence-electron chi connectivity index (χ3n) is 6.06. The van der Waals surface area contributed by atoms with Crippen molar-refractivity contribution in [3.05, 3.63) is 0 Å². The molecule has 0 radical (unpaired) electrons. The van der Waals surface area contributed by atoms with Gasteiger partial charge in [-0.25, -0.2) is 8.42 Å². The molecule has 0 bridgehead atoms. The summed E-state index contributed by atoms with van der Waals surface area (Å²) < 4.78 is 34.8. The van der Waals surface area contributed by atoms with Crippen LogP contribution in [0.25, 0.3) is 0 Å². The maximum Gasteiger partial charge on any atom is 1.00 e. The molecule has 176 valence electrons. The second-order valence-electron chi connectivity index (χ2n) is 8.91. The van der Waals surface area contributed by atoms with Gasteiger partial charge in [0.2, 0.25) is 0 Å². The Morgan fingerprint density at radius 2 is 0.800 bits per heavy atom. The van der Waals surface area contributed by atoms with Crippen LogP contribution in [0.15, 0.2) is 0 Å². The van der Waals surface area contributed by atoms with Crippen LogP contribution in [0, 0.1) is 0 Å². The predicted octanol–water partition coefficient (Wildman–Crippen LogP) is 4.46. The summed E-state index contributed by atoms with van der Waals surface area (Å²) in [6, 6.07) is 0. The molecule has 0 heterocycles. The number of aliphatic hydroxyl groups is 1. The first kappa shape index (κ1) is 33.7. The molecule has 0 amide bonds. The molecule has 0 rings (SSSR count). The fraction of sp³-hybridized carbons (Fsp3) is 1.00. The van der Waals surface area contributed by atoms with E-state index in [-0.39, 0.29) is 64.2 Å². The van der Waals surface area contributed by atoms with Crippen LogP contribution in [0.3, 0.4) is 0 Å². The predicted molar refractivity (Wildman–Crippen MR) is 123 cm³/mol. The molecule has 6 heteroatoms. The van der Waals surface area contributed by atoms with Crippen molar-refractivity contribution in [3.8, 4) is 0 Å². The molecular weight excluding hydrogens is 423 g/mol. The van der Waals surface area contributed by atoms with Crippen LogP contribution in [0.2, 0.25) is 0 Å². The zero-order chi connectivity index (χ0) is 21.8. The molecule has 1 atom stereocenters. The van der Waals surface area contributed by atoms with Gasteiger partial charge in [0, 0.05) is 0 Å². The topological polar surface area (TPSA) is 77.4 Å². The average molecular weight is 473 g/mol. The fourth-order valence-corrected chi connectivity index (χ4v) is 4.76. The standard InChI is InChI=1S/C24H50O4S.K/c1-3-5-7-9-11-12-13-14-15-17-19-21-23-24(25,29(26,27)28)22-20-18-16-10-8-6-4-2;/h25H,3-23H2,1-2H3,(H,26,27,28);/q;+1/p-1. The molecule has 1 N–H and O–H groups in total. The van der Waals surface area contributed by atoms with Gasteiger partial charge in [-0.3, -0.25) is 0 Å². The van der Waals surface area contributed by atoms with Crippen molar-refractivity contribution in [2.75, 3.05) is 0 Å². The van der Waals surface area contributed by atoms with Crippen molar-refractivity contribution < 1.29 is 69.5 Å². The van der Waals surface area contributed by atoms with E-state index in [2.05, 4.69) is 13.8 Å². The summed E-state index contributed by atoms with van der Waals surface area (Å²) in [6.45, 7) is 4.41. The molecule has 0 saturated heterocycles. The molecule has 0 aromatic carbocycles. The summed E-state index contributed by atoms with van der Waals surface area (Å²) >= 11 is 0. The first-order valence-corrected chi connectivity index (χ1v) is 14.0. The van der Waals surface area contributed by atoms with E-state index in [1.807, 2.05) is 0 Å². The van der Waals surface area contributed by atoms with Gasteiger partial charge >= 0.3 is 51.4 Å². The Morgan fingerprint density at radius 1 is 0.567 bits per heavy atom. The van der Waals surface area contributed by atoms with Gasteiger partial charge in [0.1, 0.15) is 10.1 Å². The third kappa shape index (κ3) is 19.0. The molecule has 0 saturated carbocycles. The molecular formula is C24H49KO4S. The van der Waals surface area contributed by atoms with Crippen molar-refractivity contribution in [1.29, 1.82) is 0 Å². The van der Waals surface area contributed by atoms with E-state index in [0.717, 1.165) is 38.5 Å². The monoisotopic (exact) mass is 472 g/mol. The molecule has 0 aromatic rings. The molecule has 30 heavy (non-hydrogen) atoms. The van der Waals surface area contributed by atoms with Crippen molar-refractivity contribution in [2.45, 2.75) is 154 Å². The minimum absolute atomic E-state index is 0. The van der Waals surface area contributed by atoms with Crippen molar-refractivity contribution >= 4 is 10.1 Å². The quantitative estimate of drug-likeness (QED) is 0.143. The number of hydrogen-bond donors (Lipinski definition) is 1. The van der Waals surface area contributed by atoms with Crippen LogP contribution in [0.5, 0.6) is 0 Å². The van der Waals surface area contributed by atoms with E-state index >= 15 is 0 Å². The van der Waals surface area contributed by atoms with Crippen LogP contribution in [0.4, 0.5) is 0 Å². The molecule has 0 aliphatic carbocycles. The molecule has 4 nitrogen and oxygen atoms in total. The van der Waals surface area contributed by atoms with Crippen molar-refractivity contribution in [1.82, 2.24) is 0 Å². The second kappa shape index (κ2) is 22.3. The summed E-state index contributed by atoms with van der Waals surface area (Å²) in [5, 5.41) is 10.4. The van der Waals surface area contributed by atoms with Crippen LogP contribution in [-0.4, -0.2) is 23.0 Å². The molecule has 0 aliphatic heterocycles. The number of hydrogen-bond acceptors (Lipinski definition) is 4. The maximum absolute atomic E-state index is 11.6. The molecule has 1 unspecified atom stereocenters. The van der Waals surface area contributed by atoms with Crippen LogP contribution < -0.4 is 51.4 Å². The van der Waals surface area contributed by atoms with E-state index in [1.165, 1.54) is 70.6 Å². The second-order valence-corrected chi connectivity index (χ2v) is 10.6. The Morgan fingerprint density at radius 3 is 1.03 bits per heavy atom. The van der Waals surface area contributed by atoms with Crippen LogP contribution in [-0.2, 0) is 10.1 Å². The van der Waals surface area contributed by atoms with Gasteiger partial charge in [-0.2, -0.15) is 0 Å². The minimum atomic E-state index is -4.67. The van der Waals surface area contributed by atoms with Crippen molar-refractivity contribution in [3.63, 3.8) is 0 Å². The van der Waals surface area contributed by atoms with E-state index < -0.39 is 15.1 Å². The summed E-state index contributed by atoms with van der Waals surface area (Å²) in [5.74, 6) is 0. The van der Waals surface area contributed by atoms with Crippen molar-refractivity contribution in [2.24, 2.45) is 0 Å². The number of rotatable bonds is 22. The molecule has 0 spiro atoms. The molecule has 0 aliphatic rings. The fourth-order valence-electron chi connectivity index (χ4n) is 3.98. The van der Waals surface area contributed by atoms with Gasteiger partial charge in [0.25, 0.3) is 0 Å². The van der Waals surface area contributed by atoms with Gasteiger partial charge in [-0.05, 0) is 25.7 Å².